The minimum Gasteiger partial charge on any atom is -0.496 e. The molecule has 0 saturated carbocycles. The molecule has 0 saturated heterocycles. The van der Waals surface area contributed by atoms with Crippen LogP contribution in [0.25, 0.3) is 0 Å². The largest absolute Gasteiger partial charge is 0.496 e. The lowest BCUT2D eigenvalue weighted by atomic mass is 9.75. The highest BCUT2D eigenvalue weighted by Crippen LogP contribution is 2.41. The molecular formula is C42H60N8O6. The molecule has 0 aliphatic heterocycles. The predicted octanol–water partition coefficient (Wildman–Crippen LogP) is 6.96. The number of aldehydes is 2. The Labute approximate surface area is 332 Å². The van der Waals surface area contributed by atoms with Gasteiger partial charge in [0.05, 0.1) is 31.0 Å². The first-order chi connectivity index (χ1) is 26.2. The third kappa shape index (κ3) is 10.0. The number of benzene rings is 2. The van der Waals surface area contributed by atoms with Gasteiger partial charge < -0.3 is 28.8 Å². The molecule has 0 fully saturated rings. The molecular weight excluding hydrogens is 713 g/mol. The predicted molar refractivity (Wildman–Crippen MR) is 219 cm³/mol. The van der Waals surface area contributed by atoms with Crippen LogP contribution in [0.5, 0.6) is 11.5 Å². The maximum Gasteiger partial charge on any atom is 0.216 e. The summed E-state index contributed by atoms with van der Waals surface area (Å²) in [6, 6.07) is 6.96. The van der Waals surface area contributed by atoms with Gasteiger partial charge in [-0.05, 0) is 102 Å². The molecule has 3 atom stereocenters. The quantitative estimate of drug-likeness (QED) is 0.0361. The molecule has 3 aromatic rings. The second kappa shape index (κ2) is 19.4. The number of aryl methyl sites for hydroxylation is 3. The number of imidazole rings is 1. The summed E-state index contributed by atoms with van der Waals surface area (Å²) in [5.41, 5.74) is 6.29. The zero-order valence-corrected chi connectivity index (χ0v) is 35.9. The van der Waals surface area contributed by atoms with E-state index in [9.17, 15) is 14.9 Å². The molecule has 3 rings (SSSR count). The van der Waals surface area contributed by atoms with Gasteiger partial charge in [-0.3, -0.25) is 20.2 Å². The van der Waals surface area contributed by atoms with Crippen LogP contribution < -0.4 is 25.4 Å². The summed E-state index contributed by atoms with van der Waals surface area (Å²) in [4.78, 5) is 32.0. The first-order valence-electron chi connectivity index (χ1n) is 18.3. The van der Waals surface area contributed by atoms with Crippen LogP contribution >= 0.6 is 0 Å². The summed E-state index contributed by atoms with van der Waals surface area (Å²) < 4.78 is 23.5. The van der Waals surface area contributed by atoms with Gasteiger partial charge in [-0.15, -0.1) is 0 Å². The molecule has 0 aliphatic rings. The minimum absolute atomic E-state index is 0.00820. The van der Waals surface area contributed by atoms with Crippen molar-refractivity contribution in [2.45, 2.75) is 118 Å². The Morgan fingerprint density at radius 1 is 0.804 bits per heavy atom. The van der Waals surface area contributed by atoms with Gasteiger partial charge in [0.1, 0.15) is 17.5 Å². The lowest BCUT2D eigenvalue weighted by Crippen LogP contribution is -2.51. The van der Waals surface area contributed by atoms with Crippen LogP contribution in [0.4, 0.5) is 5.95 Å². The van der Waals surface area contributed by atoms with Gasteiger partial charge in [-0.25, -0.2) is 9.98 Å². The third-order valence-corrected chi connectivity index (χ3v) is 11.3. The molecule has 0 spiro atoms. The average molecular weight is 773 g/mol. The van der Waals surface area contributed by atoms with E-state index in [0.29, 0.717) is 34.5 Å². The molecule has 14 nitrogen and oxygen atoms in total. The summed E-state index contributed by atoms with van der Waals surface area (Å²) in [6.07, 6.45) is 5.48. The smallest absolute Gasteiger partial charge is 0.216 e. The maximum absolute atomic E-state index is 11.5. The van der Waals surface area contributed by atoms with E-state index < -0.39 is 17.2 Å². The van der Waals surface area contributed by atoms with Crippen LogP contribution in [0.1, 0.15) is 116 Å². The number of carbonyl (C=O) groups excluding carboxylic acids is 2. The van der Waals surface area contributed by atoms with E-state index in [0.717, 1.165) is 46.2 Å². The molecule has 0 bridgehead atoms. The molecule has 0 aliphatic carbocycles. The van der Waals surface area contributed by atoms with E-state index in [2.05, 4.69) is 60.5 Å². The third-order valence-electron chi connectivity index (χ3n) is 11.3. The standard InChI is InChI=1S/C22H34N4O4.C20H26N4O2/c1-14-10-19(28-7)17(12-27)11-18(14)21(4,5)15(2)25-20(24-13-23)26-16(3)22(6,29-8)30-9;1-12-8-18(26-7)16(10-25)9-17(12)20(5,6)15(4)24-14(3)13(2)23-19(24)22-11-21/h10-12,15-16H,1-9H3,(H2,24,25,26);8-10,15H,1-7H3,(H,22,23). The fourth-order valence-electron chi connectivity index (χ4n) is 6.62. The zero-order chi connectivity index (χ0) is 42.8. The van der Waals surface area contributed by atoms with Crippen molar-refractivity contribution in [3.63, 3.8) is 0 Å². The van der Waals surface area contributed by atoms with Gasteiger partial charge in [-0.1, -0.05) is 27.7 Å². The summed E-state index contributed by atoms with van der Waals surface area (Å²) in [5, 5.41) is 26.8. The van der Waals surface area contributed by atoms with Crippen LogP contribution in [-0.2, 0) is 20.3 Å². The molecule has 3 N–H and O–H groups in total. The molecule has 14 heteroatoms. The molecule has 56 heavy (non-hydrogen) atoms. The lowest BCUT2D eigenvalue weighted by Gasteiger charge is -2.36. The Hall–Kier alpha value is -5.44. The Bertz CT molecular complexity index is 1970. The summed E-state index contributed by atoms with van der Waals surface area (Å²) >= 11 is 0. The van der Waals surface area contributed by atoms with Crippen molar-refractivity contribution in [1.29, 1.82) is 10.5 Å². The number of hydrogen-bond donors (Lipinski definition) is 3. The van der Waals surface area contributed by atoms with Gasteiger partial charge in [0, 0.05) is 42.8 Å². The number of methoxy groups -OCH3 is 4. The second-order valence-corrected chi connectivity index (χ2v) is 15.1. The van der Waals surface area contributed by atoms with E-state index in [-0.39, 0.29) is 17.5 Å². The van der Waals surface area contributed by atoms with Gasteiger partial charge in [0.25, 0.3) is 0 Å². The highest BCUT2D eigenvalue weighted by molar-refractivity contribution is 5.82. The van der Waals surface area contributed by atoms with Gasteiger partial charge in [-0.2, -0.15) is 10.5 Å². The number of nitriles is 2. The van der Waals surface area contributed by atoms with E-state index in [1.807, 2.05) is 82.8 Å². The summed E-state index contributed by atoms with van der Waals surface area (Å²) in [6.45, 7) is 24.0. The molecule has 2 aromatic carbocycles. The molecule has 3 unspecified atom stereocenters. The Morgan fingerprint density at radius 2 is 1.29 bits per heavy atom. The molecule has 304 valence electrons. The topological polar surface area (TPSA) is 185 Å². The fourth-order valence-corrected chi connectivity index (χ4v) is 6.62. The number of hydrogen-bond acceptors (Lipinski definition) is 11. The summed E-state index contributed by atoms with van der Waals surface area (Å²) in [7, 11) is 6.20. The number of guanidine groups is 1. The SMILES string of the molecule is COc1cc(C)c(C(C)(C)C(C)NC(=NC(C)C(C)(OC)OC)NC#N)cc1C=O.COc1cc(C)c(C(C)(C)C(C)n2c(NC#N)nc(C)c2C)cc1C=O. The number of ether oxygens (including phenoxy) is 4. The van der Waals surface area contributed by atoms with Crippen molar-refractivity contribution in [2.24, 2.45) is 4.99 Å². The number of aliphatic imine (C=N–C) groups is 1. The van der Waals surface area contributed by atoms with Crippen LogP contribution in [0, 0.1) is 50.6 Å². The molecule has 1 aromatic heterocycles. The van der Waals surface area contributed by atoms with Crippen molar-refractivity contribution in [2.75, 3.05) is 33.8 Å². The number of rotatable bonds is 15. The number of nitrogens with one attached hydrogen (secondary N) is 3. The molecule has 0 radical (unpaired) electrons. The highest BCUT2D eigenvalue weighted by Gasteiger charge is 2.35. The van der Waals surface area contributed by atoms with Crippen molar-refractivity contribution in [3.05, 3.63) is 69.0 Å². The van der Waals surface area contributed by atoms with E-state index in [4.69, 9.17) is 24.2 Å². The van der Waals surface area contributed by atoms with E-state index in [1.54, 1.807) is 35.4 Å². The minimum atomic E-state index is -0.936. The van der Waals surface area contributed by atoms with Crippen LogP contribution in [-0.4, -0.2) is 74.4 Å². The normalized spacial score (nSPS) is 13.5. The van der Waals surface area contributed by atoms with Crippen molar-refractivity contribution < 1.29 is 28.5 Å². The number of aromatic nitrogens is 2. The van der Waals surface area contributed by atoms with E-state index >= 15 is 0 Å². The van der Waals surface area contributed by atoms with Crippen molar-refractivity contribution >= 4 is 24.5 Å². The Morgan fingerprint density at radius 3 is 1.70 bits per heavy atom. The van der Waals surface area contributed by atoms with Crippen molar-refractivity contribution in [3.8, 4) is 23.9 Å². The highest BCUT2D eigenvalue weighted by atomic mass is 16.7. The number of anilines is 1. The zero-order valence-electron chi connectivity index (χ0n) is 35.9. The Balaban J connectivity index is 0.000000390. The van der Waals surface area contributed by atoms with Gasteiger partial charge in [0.2, 0.25) is 11.9 Å². The van der Waals surface area contributed by atoms with Gasteiger partial charge >= 0.3 is 0 Å². The molecule has 0 amide bonds. The van der Waals surface area contributed by atoms with Crippen LogP contribution in [0.2, 0.25) is 0 Å². The van der Waals surface area contributed by atoms with Crippen LogP contribution in [0.3, 0.4) is 0 Å². The Kier molecular flexibility index (Phi) is 16.2. The number of carbonyl (C=O) groups is 2. The lowest BCUT2D eigenvalue weighted by molar-refractivity contribution is -0.203. The summed E-state index contributed by atoms with van der Waals surface area (Å²) in [5.74, 6) is 1.03. The monoisotopic (exact) mass is 772 g/mol. The second-order valence-electron chi connectivity index (χ2n) is 15.1. The first kappa shape index (κ1) is 46.7. The number of nitrogens with zero attached hydrogens (tertiary/aromatic N) is 5. The first-order valence-corrected chi connectivity index (χ1v) is 18.3. The van der Waals surface area contributed by atoms with E-state index in [1.165, 1.54) is 0 Å². The van der Waals surface area contributed by atoms with Crippen LogP contribution in [0.15, 0.2) is 29.3 Å². The van der Waals surface area contributed by atoms with Crippen molar-refractivity contribution in [1.82, 2.24) is 20.2 Å². The maximum atomic E-state index is 11.5. The molecule has 1 heterocycles. The average Bonchev–Trinajstić information content (AvgIpc) is 3.44. The fraction of sp³-hybridized carbons (Fsp3) is 0.524. The van der Waals surface area contributed by atoms with Gasteiger partial charge in [0.15, 0.2) is 30.7 Å².